The predicted octanol–water partition coefficient (Wildman–Crippen LogP) is 1.95. The van der Waals surface area contributed by atoms with Crippen LogP contribution in [0.15, 0.2) is 16.8 Å². The number of hydrogen-bond donors (Lipinski definition) is 0. The first kappa shape index (κ1) is 13.7. The first-order chi connectivity index (χ1) is 6.97. The zero-order valence-electron chi connectivity index (χ0n) is 9.15. The first-order valence-corrected chi connectivity index (χ1v) is 4.66. The highest BCUT2D eigenvalue weighted by atomic mass is 19.3. The van der Waals surface area contributed by atoms with Gasteiger partial charge in [-0.25, -0.2) is 8.78 Å². The number of hydrogen-bond acceptors (Lipinski definition) is 3. The van der Waals surface area contributed by atoms with Crippen molar-refractivity contribution in [3.8, 4) is 0 Å². The Hall–Kier alpha value is -1.26. The van der Waals surface area contributed by atoms with Crippen LogP contribution >= 0.6 is 0 Å². The summed E-state index contributed by atoms with van der Waals surface area (Å²) in [6, 6.07) is 0. The zero-order chi connectivity index (χ0) is 11.8. The van der Waals surface area contributed by atoms with Crippen LogP contribution in [-0.4, -0.2) is 37.5 Å². The molecule has 0 aliphatic carbocycles. The second-order valence-electron chi connectivity index (χ2n) is 3.44. The maximum atomic E-state index is 11.9. The molecule has 15 heavy (non-hydrogen) atoms. The van der Waals surface area contributed by atoms with E-state index < -0.39 is 13.0 Å². The Balaban J connectivity index is 4.21. The second kappa shape index (κ2) is 7.09. The van der Waals surface area contributed by atoms with E-state index in [0.29, 0.717) is 5.57 Å². The van der Waals surface area contributed by atoms with Gasteiger partial charge in [0.15, 0.2) is 0 Å². The molecule has 0 fully saturated rings. The lowest BCUT2D eigenvalue weighted by Gasteiger charge is -2.10. The van der Waals surface area contributed by atoms with Crippen molar-refractivity contribution in [3.63, 3.8) is 0 Å². The van der Waals surface area contributed by atoms with Gasteiger partial charge in [0.1, 0.15) is 6.29 Å². The number of hydrazone groups is 1. The second-order valence-corrected chi connectivity index (χ2v) is 3.44. The minimum atomic E-state index is -2.41. The third kappa shape index (κ3) is 6.76. The van der Waals surface area contributed by atoms with E-state index in [1.54, 1.807) is 0 Å². The molecule has 0 aromatic carbocycles. The molecule has 0 saturated carbocycles. The van der Waals surface area contributed by atoms with Gasteiger partial charge in [-0.15, -0.1) is 0 Å². The van der Waals surface area contributed by atoms with E-state index in [0.717, 1.165) is 11.3 Å². The average molecular weight is 218 g/mol. The van der Waals surface area contributed by atoms with Crippen molar-refractivity contribution >= 4 is 12.5 Å². The van der Waals surface area contributed by atoms with E-state index in [4.69, 9.17) is 0 Å². The SMILES string of the molecule is CC(C)/C(C=O)=C/C=N\N(C)CC(F)F. The van der Waals surface area contributed by atoms with Crippen LogP contribution in [0.4, 0.5) is 8.78 Å². The van der Waals surface area contributed by atoms with Crippen molar-refractivity contribution < 1.29 is 13.6 Å². The molecule has 3 nitrogen and oxygen atoms in total. The predicted molar refractivity (Wildman–Crippen MR) is 56.1 cm³/mol. The summed E-state index contributed by atoms with van der Waals surface area (Å²) in [5.41, 5.74) is 0.587. The molecule has 0 aromatic rings. The summed E-state index contributed by atoms with van der Waals surface area (Å²) in [5, 5.41) is 4.86. The quantitative estimate of drug-likeness (QED) is 0.295. The summed E-state index contributed by atoms with van der Waals surface area (Å²) in [4.78, 5) is 10.5. The van der Waals surface area contributed by atoms with Crippen LogP contribution in [0, 0.1) is 5.92 Å². The normalized spacial score (nSPS) is 12.9. The number of halogens is 2. The van der Waals surface area contributed by atoms with Gasteiger partial charge in [0.25, 0.3) is 6.43 Å². The van der Waals surface area contributed by atoms with Gasteiger partial charge in [0, 0.05) is 13.3 Å². The van der Waals surface area contributed by atoms with Crippen LogP contribution in [0.2, 0.25) is 0 Å². The van der Waals surface area contributed by atoms with Gasteiger partial charge in [-0.2, -0.15) is 5.10 Å². The number of alkyl halides is 2. The fraction of sp³-hybridized carbons (Fsp3) is 0.600. The molecule has 0 aliphatic rings. The highest BCUT2D eigenvalue weighted by Crippen LogP contribution is 2.04. The lowest BCUT2D eigenvalue weighted by atomic mass is 10.1. The summed E-state index contributed by atoms with van der Waals surface area (Å²) < 4.78 is 23.8. The smallest absolute Gasteiger partial charge is 0.257 e. The molecule has 0 aromatic heterocycles. The molecule has 0 rings (SSSR count). The molecule has 0 atom stereocenters. The van der Waals surface area contributed by atoms with Crippen LogP contribution in [0.5, 0.6) is 0 Å². The standard InChI is InChI=1S/C10H16F2N2O/c1-8(2)9(7-15)4-5-13-14(3)6-10(11)12/h4-5,7-8,10H,6H2,1-3H3/b9-4+,13-5-. The molecule has 86 valence electrons. The number of carbonyl (C=O) groups excluding carboxylic acids is 1. The molecular formula is C10H16F2N2O. The average Bonchev–Trinajstić information content (AvgIpc) is 2.10. The van der Waals surface area contributed by atoms with E-state index in [9.17, 15) is 13.6 Å². The minimum Gasteiger partial charge on any atom is -0.298 e. The molecule has 0 saturated heterocycles. The maximum absolute atomic E-state index is 11.9. The lowest BCUT2D eigenvalue weighted by Crippen LogP contribution is -2.18. The van der Waals surface area contributed by atoms with Crippen LogP contribution < -0.4 is 0 Å². The summed E-state index contributed by atoms with van der Waals surface area (Å²) in [7, 11) is 1.45. The fourth-order valence-electron chi connectivity index (χ4n) is 0.848. The molecular weight excluding hydrogens is 202 g/mol. The summed E-state index contributed by atoms with van der Waals surface area (Å²) in [6.07, 6.45) is 1.21. The van der Waals surface area contributed by atoms with Crippen molar-refractivity contribution in [1.82, 2.24) is 5.01 Å². The van der Waals surface area contributed by atoms with Gasteiger partial charge in [0.05, 0.1) is 6.54 Å². The molecule has 0 unspecified atom stereocenters. The van der Waals surface area contributed by atoms with Gasteiger partial charge in [-0.05, 0) is 17.6 Å². The Morgan fingerprint density at radius 2 is 2.07 bits per heavy atom. The number of rotatable bonds is 6. The maximum Gasteiger partial charge on any atom is 0.257 e. The summed E-state index contributed by atoms with van der Waals surface area (Å²) in [5.74, 6) is 0.106. The Morgan fingerprint density at radius 3 is 2.47 bits per heavy atom. The first-order valence-electron chi connectivity index (χ1n) is 4.66. The van der Waals surface area contributed by atoms with E-state index in [1.807, 2.05) is 13.8 Å². The highest BCUT2D eigenvalue weighted by Gasteiger charge is 2.04. The Morgan fingerprint density at radius 1 is 1.47 bits per heavy atom. The molecule has 0 radical (unpaired) electrons. The molecule has 0 bridgehead atoms. The molecule has 0 spiro atoms. The molecule has 0 amide bonds. The minimum absolute atomic E-state index is 0.106. The molecule has 0 N–H and O–H groups in total. The van der Waals surface area contributed by atoms with Gasteiger partial charge in [0.2, 0.25) is 0 Å². The van der Waals surface area contributed by atoms with E-state index >= 15 is 0 Å². The van der Waals surface area contributed by atoms with E-state index in [-0.39, 0.29) is 5.92 Å². The number of carbonyl (C=O) groups is 1. The third-order valence-corrected chi connectivity index (χ3v) is 1.74. The van der Waals surface area contributed by atoms with Crippen LogP contribution in [0.1, 0.15) is 13.8 Å². The van der Waals surface area contributed by atoms with Crippen molar-refractivity contribution in [2.24, 2.45) is 11.0 Å². The van der Waals surface area contributed by atoms with Gasteiger partial charge >= 0.3 is 0 Å². The number of aldehydes is 1. The summed E-state index contributed by atoms with van der Waals surface area (Å²) in [6.45, 7) is 3.33. The van der Waals surface area contributed by atoms with Crippen molar-refractivity contribution in [2.45, 2.75) is 20.3 Å². The Bertz CT molecular complexity index is 250. The van der Waals surface area contributed by atoms with Crippen molar-refractivity contribution in [3.05, 3.63) is 11.6 Å². The van der Waals surface area contributed by atoms with Crippen LogP contribution in [0.25, 0.3) is 0 Å². The molecule has 0 heterocycles. The van der Waals surface area contributed by atoms with Crippen LogP contribution in [0.3, 0.4) is 0 Å². The van der Waals surface area contributed by atoms with Crippen molar-refractivity contribution in [1.29, 1.82) is 0 Å². The van der Waals surface area contributed by atoms with Crippen LogP contribution in [-0.2, 0) is 4.79 Å². The van der Waals surface area contributed by atoms with E-state index in [2.05, 4.69) is 5.10 Å². The third-order valence-electron chi connectivity index (χ3n) is 1.74. The monoisotopic (exact) mass is 218 g/mol. The number of allylic oxidation sites excluding steroid dienone is 2. The number of nitrogens with zero attached hydrogens (tertiary/aromatic N) is 2. The largest absolute Gasteiger partial charge is 0.298 e. The Kier molecular flexibility index (Phi) is 6.49. The molecule has 0 aliphatic heterocycles. The van der Waals surface area contributed by atoms with E-state index in [1.165, 1.54) is 19.3 Å². The topological polar surface area (TPSA) is 32.7 Å². The fourth-order valence-corrected chi connectivity index (χ4v) is 0.848. The Labute approximate surface area is 88.5 Å². The highest BCUT2D eigenvalue weighted by molar-refractivity contribution is 5.84. The lowest BCUT2D eigenvalue weighted by molar-refractivity contribution is -0.105. The summed E-state index contributed by atoms with van der Waals surface area (Å²) >= 11 is 0. The van der Waals surface area contributed by atoms with Gasteiger partial charge in [-0.1, -0.05) is 13.8 Å². The van der Waals surface area contributed by atoms with Crippen molar-refractivity contribution in [2.75, 3.05) is 13.6 Å². The van der Waals surface area contributed by atoms with Gasteiger partial charge in [-0.3, -0.25) is 9.80 Å². The molecule has 5 heteroatoms. The van der Waals surface area contributed by atoms with Gasteiger partial charge < -0.3 is 0 Å². The zero-order valence-corrected chi connectivity index (χ0v) is 9.15.